The third-order valence-corrected chi connectivity index (χ3v) is 5.21. The molecule has 1 rings (SSSR count). The number of benzene rings is 1. The summed E-state index contributed by atoms with van der Waals surface area (Å²) in [6, 6.07) is 5.09. The highest BCUT2D eigenvalue weighted by molar-refractivity contribution is 5.92. The fraction of sp³-hybridized carbons (Fsp3) is 0.536. The second-order valence-electron chi connectivity index (χ2n) is 10.7. The third kappa shape index (κ3) is 9.48. The largest absolute Gasteiger partial charge is 0.444 e. The number of rotatable bonds is 9. The molecule has 0 aromatic heterocycles. The van der Waals surface area contributed by atoms with Crippen molar-refractivity contribution in [2.24, 2.45) is 5.92 Å². The van der Waals surface area contributed by atoms with Gasteiger partial charge >= 0.3 is 6.09 Å². The van der Waals surface area contributed by atoms with Crippen molar-refractivity contribution in [1.82, 2.24) is 15.5 Å². The number of amides is 3. The standard InChI is InChI=1S/C28H41N3O4/c1-11-18-31(25(33)22(19(4)12-2)29-26(34)35-28(8,9)10)23(24(32)30-27(5,6)7)21-16-14-20(13-3)15-17-21/h3,11,14-17,19,22-23H,1,12,18H2,2,4-10H3,(H,29,34)(H,30,32). The average Bonchev–Trinajstić information content (AvgIpc) is 2.74. The van der Waals surface area contributed by atoms with E-state index in [9.17, 15) is 14.4 Å². The van der Waals surface area contributed by atoms with Crippen LogP contribution in [0.2, 0.25) is 0 Å². The number of terminal acetylenes is 1. The maximum absolute atomic E-state index is 13.9. The Labute approximate surface area is 210 Å². The minimum Gasteiger partial charge on any atom is -0.444 e. The van der Waals surface area contributed by atoms with Gasteiger partial charge in [0.2, 0.25) is 11.8 Å². The van der Waals surface area contributed by atoms with Crippen LogP contribution in [0.4, 0.5) is 4.79 Å². The summed E-state index contributed by atoms with van der Waals surface area (Å²) >= 11 is 0. The van der Waals surface area contributed by atoms with Crippen molar-refractivity contribution in [3.63, 3.8) is 0 Å². The van der Waals surface area contributed by atoms with E-state index in [4.69, 9.17) is 11.2 Å². The summed E-state index contributed by atoms with van der Waals surface area (Å²) < 4.78 is 5.40. The predicted molar refractivity (Wildman–Crippen MR) is 140 cm³/mol. The Hall–Kier alpha value is -3.27. The lowest BCUT2D eigenvalue weighted by molar-refractivity contribution is -0.143. The fourth-order valence-corrected chi connectivity index (χ4v) is 3.43. The minimum atomic E-state index is -0.960. The van der Waals surface area contributed by atoms with Crippen LogP contribution in [0.1, 0.15) is 79.0 Å². The van der Waals surface area contributed by atoms with Gasteiger partial charge in [-0.05, 0) is 65.2 Å². The van der Waals surface area contributed by atoms with E-state index < -0.39 is 35.2 Å². The number of hydrogen-bond donors (Lipinski definition) is 2. The van der Waals surface area contributed by atoms with Crippen molar-refractivity contribution in [3.05, 3.63) is 48.0 Å². The Morgan fingerprint density at radius 1 is 1.14 bits per heavy atom. The zero-order valence-electron chi connectivity index (χ0n) is 22.4. The molecule has 3 unspecified atom stereocenters. The molecule has 7 nitrogen and oxygen atoms in total. The summed E-state index contributed by atoms with van der Waals surface area (Å²) in [6.07, 6.45) is 6.99. The first-order valence-electron chi connectivity index (χ1n) is 11.9. The van der Waals surface area contributed by atoms with Crippen LogP contribution in [0.25, 0.3) is 0 Å². The summed E-state index contributed by atoms with van der Waals surface area (Å²) in [5.74, 6) is 1.60. The van der Waals surface area contributed by atoms with Gasteiger partial charge in [-0.25, -0.2) is 4.79 Å². The molecule has 0 bridgehead atoms. The summed E-state index contributed by atoms with van der Waals surface area (Å²) in [7, 11) is 0. The van der Waals surface area contributed by atoms with Crippen molar-refractivity contribution in [3.8, 4) is 12.3 Å². The van der Waals surface area contributed by atoms with Crippen molar-refractivity contribution in [2.45, 2.75) is 85.0 Å². The minimum absolute atomic E-state index is 0.0981. The van der Waals surface area contributed by atoms with E-state index in [2.05, 4.69) is 23.1 Å². The van der Waals surface area contributed by atoms with E-state index in [0.29, 0.717) is 17.5 Å². The molecule has 192 valence electrons. The molecule has 0 heterocycles. The second-order valence-corrected chi connectivity index (χ2v) is 10.7. The van der Waals surface area contributed by atoms with Crippen LogP contribution in [0, 0.1) is 18.3 Å². The highest BCUT2D eigenvalue weighted by Gasteiger charge is 2.38. The predicted octanol–water partition coefficient (Wildman–Crippen LogP) is 4.58. The van der Waals surface area contributed by atoms with Crippen LogP contribution in [0.5, 0.6) is 0 Å². The van der Waals surface area contributed by atoms with E-state index in [1.807, 2.05) is 34.6 Å². The SMILES string of the molecule is C#Cc1ccc(C(C(=O)NC(C)(C)C)N(CC=C)C(=O)C(NC(=O)OC(C)(C)C)C(C)CC)cc1. The van der Waals surface area contributed by atoms with E-state index in [1.165, 1.54) is 4.90 Å². The monoisotopic (exact) mass is 483 g/mol. The van der Waals surface area contributed by atoms with Gasteiger partial charge in [0.15, 0.2) is 0 Å². The number of alkyl carbamates (subject to hydrolysis) is 1. The molecule has 7 heteroatoms. The molecule has 3 atom stereocenters. The van der Waals surface area contributed by atoms with Crippen LogP contribution in [-0.4, -0.2) is 46.5 Å². The van der Waals surface area contributed by atoms with Gasteiger partial charge in [-0.15, -0.1) is 13.0 Å². The van der Waals surface area contributed by atoms with Crippen LogP contribution in [0.15, 0.2) is 36.9 Å². The average molecular weight is 484 g/mol. The van der Waals surface area contributed by atoms with Gasteiger partial charge in [-0.1, -0.05) is 44.4 Å². The number of carbonyl (C=O) groups is 3. The lowest BCUT2D eigenvalue weighted by atomic mass is 9.95. The second kappa shape index (κ2) is 12.4. The zero-order valence-corrected chi connectivity index (χ0v) is 22.4. The Morgan fingerprint density at radius 2 is 1.71 bits per heavy atom. The topological polar surface area (TPSA) is 87.7 Å². The molecule has 0 radical (unpaired) electrons. The first kappa shape index (κ1) is 29.8. The molecule has 35 heavy (non-hydrogen) atoms. The Morgan fingerprint density at radius 3 is 2.14 bits per heavy atom. The molecule has 1 aromatic carbocycles. The lowest BCUT2D eigenvalue weighted by Crippen LogP contribution is -2.56. The summed E-state index contributed by atoms with van der Waals surface area (Å²) in [5, 5.41) is 5.70. The van der Waals surface area contributed by atoms with Gasteiger partial charge in [-0.2, -0.15) is 0 Å². The van der Waals surface area contributed by atoms with Gasteiger partial charge in [-0.3, -0.25) is 9.59 Å². The molecule has 0 saturated heterocycles. The van der Waals surface area contributed by atoms with Crippen LogP contribution in [0.3, 0.4) is 0 Å². The molecule has 2 N–H and O–H groups in total. The van der Waals surface area contributed by atoms with Crippen molar-refractivity contribution < 1.29 is 19.1 Å². The van der Waals surface area contributed by atoms with Crippen LogP contribution < -0.4 is 10.6 Å². The first-order chi connectivity index (χ1) is 16.1. The van der Waals surface area contributed by atoms with Gasteiger partial charge in [0, 0.05) is 17.6 Å². The third-order valence-electron chi connectivity index (χ3n) is 5.21. The summed E-state index contributed by atoms with van der Waals surface area (Å²) in [6.45, 7) is 18.6. The highest BCUT2D eigenvalue weighted by atomic mass is 16.6. The highest BCUT2D eigenvalue weighted by Crippen LogP contribution is 2.26. The van der Waals surface area contributed by atoms with E-state index >= 15 is 0 Å². The molecule has 3 amide bonds. The van der Waals surface area contributed by atoms with Crippen molar-refractivity contribution >= 4 is 17.9 Å². The fourth-order valence-electron chi connectivity index (χ4n) is 3.43. The maximum Gasteiger partial charge on any atom is 0.408 e. The quantitative estimate of drug-likeness (QED) is 0.398. The number of carbonyl (C=O) groups excluding carboxylic acids is 3. The maximum atomic E-state index is 13.9. The lowest BCUT2D eigenvalue weighted by Gasteiger charge is -2.36. The molecular weight excluding hydrogens is 442 g/mol. The molecular formula is C28H41N3O4. The van der Waals surface area contributed by atoms with E-state index in [0.717, 1.165) is 0 Å². The molecule has 0 spiro atoms. The molecule has 0 aliphatic heterocycles. The smallest absolute Gasteiger partial charge is 0.408 e. The van der Waals surface area contributed by atoms with E-state index in [1.54, 1.807) is 51.1 Å². The Kier molecular flexibility index (Phi) is 10.6. The zero-order chi connectivity index (χ0) is 27.0. The van der Waals surface area contributed by atoms with Crippen molar-refractivity contribution in [2.75, 3.05) is 6.54 Å². The molecule has 1 aromatic rings. The van der Waals surface area contributed by atoms with Gasteiger partial charge in [0.25, 0.3) is 0 Å². The molecule has 0 aliphatic carbocycles. The van der Waals surface area contributed by atoms with E-state index in [-0.39, 0.29) is 18.4 Å². The normalized spacial score (nSPS) is 14.0. The Balaban J connectivity index is 3.52. The number of hydrogen-bond acceptors (Lipinski definition) is 4. The van der Waals surface area contributed by atoms with Gasteiger partial charge in [0.05, 0.1) is 0 Å². The van der Waals surface area contributed by atoms with Gasteiger partial charge < -0.3 is 20.3 Å². The van der Waals surface area contributed by atoms with Crippen molar-refractivity contribution in [1.29, 1.82) is 0 Å². The van der Waals surface area contributed by atoms with Gasteiger partial charge in [0.1, 0.15) is 17.7 Å². The van der Waals surface area contributed by atoms with Crippen LogP contribution >= 0.6 is 0 Å². The molecule has 0 aliphatic rings. The number of ether oxygens (including phenoxy) is 1. The molecule has 0 fully saturated rings. The van der Waals surface area contributed by atoms with Crippen LogP contribution in [-0.2, 0) is 14.3 Å². The number of nitrogens with one attached hydrogen (secondary N) is 2. The first-order valence-corrected chi connectivity index (χ1v) is 11.9. The Bertz CT molecular complexity index is 933. The summed E-state index contributed by atoms with van der Waals surface area (Å²) in [4.78, 5) is 41.5. The number of nitrogens with zero attached hydrogens (tertiary/aromatic N) is 1. The summed E-state index contributed by atoms with van der Waals surface area (Å²) in [5.41, 5.74) is 0.0134. The molecule has 0 saturated carbocycles.